The van der Waals surface area contributed by atoms with E-state index in [1.165, 1.54) is 12.8 Å². The molecule has 1 aromatic rings. The summed E-state index contributed by atoms with van der Waals surface area (Å²) in [6, 6.07) is 0. The molecule has 0 unspecified atom stereocenters. The average molecular weight is 259 g/mol. The highest BCUT2D eigenvalue weighted by atomic mass is 79.9. The van der Waals surface area contributed by atoms with Gasteiger partial charge in [-0.2, -0.15) is 0 Å². The van der Waals surface area contributed by atoms with E-state index in [4.69, 9.17) is 5.11 Å². The van der Waals surface area contributed by atoms with E-state index in [-0.39, 0.29) is 5.69 Å². The summed E-state index contributed by atoms with van der Waals surface area (Å²) >= 11 is 3.28. The molecule has 1 aliphatic carbocycles. The van der Waals surface area contributed by atoms with Crippen molar-refractivity contribution in [3.8, 4) is 0 Å². The van der Waals surface area contributed by atoms with Crippen LogP contribution in [0, 0.1) is 12.8 Å². The molecule has 0 saturated heterocycles. The minimum atomic E-state index is -0.960. The first kappa shape index (κ1) is 9.71. The Hall–Kier alpha value is -0.840. The number of hydrogen-bond donors (Lipinski definition) is 1. The van der Waals surface area contributed by atoms with E-state index in [0.29, 0.717) is 10.7 Å². The number of carboxylic acids is 1. The molecule has 2 rings (SSSR count). The van der Waals surface area contributed by atoms with E-state index in [2.05, 4.69) is 20.9 Å². The molecule has 1 aromatic heterocycles. The Morgan fingerprint density at radius 2 is 2.36 bits per heavy atom. The molecule has 5 heteroatoms. The molecule has 0 atom stereocenters. The summed E-state index contributed by atoms with van der Waals surface area (Å²) in [5.41, 5.74) is 0.883. The van der Waals surface area contributed by atoms with Gasteiger partial charge < -0.3 is 9.67 Å². The van der Waals surface area contributed by atoms with Crippen LogP contribution in [-0.2, 0) is 6.54 Å². The molecular weight excluding hydrogens is 248 g/mol. The second-order valence-corrected chi connectivity index (χ2v) is 4.38. The Kier molecular flexibility index (Phi) is 2.34. The smallest absolute Gasteiger partial charge is 0.356 e. The van der Waals surface area contributed by atoms with Crippen LogP contribution in [0.15, 0.2) is 4.73 Å². The van der Waals surface area contributed by atoms with Gasteiger partial charge in [0.25, 0.3) is 0 Å². The summed E-state index contributed by atoms with van der Waals surface area (Å²) in [6.45, 7) is 2.68. The maximum Gasteiger partial charge on any atom is 0.356 e. The van der Waals surface area contributed by atoms with Crippen molar-refractivity contribution in [2.45, 2.75) is 26.3 Å². The van der Waals surface area contributed by atoms with Gasteiger partial charge in [0.2, 0.25) is 0 Å². The minimum absolute atomic E-state index is 0.150. The van der Waals surface area contributed by atoms with Gasteiger partial charge in [-0.25, -0.2) is 9.78 Å². The van der Waals surface area contributed by atoms with E-state index >= 15 is 0 Å². The summed E-state index contributed by atoms with van der Waals surface area (Å²) in [4.78, 5) is 14.8. The number of carbonyl (C=O) groups is 1. The predicted molar refractivity (Wildman–Crippen MR) is 54.3 cm³/mol. The zero-order chi connectivity index (χ0) is 10.3. The van der Waals surface area contributed by atoms with Crippen LogP contribution < -0.4 is 0 Å². The molecule has 4 nitrogen and oxygen atoms in total. The highest BCUT2D eigenvalue weighted by molar-refractivity contribution is 9.10. The number of carboxylic acid groups (broad SMARTS) is 1. The van der Waals surface area contributed by atoms with Crippen molar-refractivity contribution in [1.82, 2.24) is 9.55 Å². The summed E-state index contributed by atoms with van der Waals surface area (Å²) in [6.07, 6.45) is 2.49. The van der Waals surface area contributed by atoms with Gasteiger partial charge in [-0.15, -0.1) is 0 Å². The van der Waals surface area contributed by atoms with E-state index < -0.39 is 5.97 Å². The zero-order valence-electron chi connectivity index (χ0n) is 7.83. The third-order valence-electron chi connectivity index (χ3n) is 2.51. The Balaban J connectivity index is 2.32. The van der Waals surface area contributed by atoms with Crippen molar-refractivity contribution < 1.29 is 9.90 Å². The molecule has 0 bridgehead atoms. The third kappa shape index (κ3) is 1.68. The highest BCUT2D eigenvalue weighted by Gasteiger charge is 2.25. The van der Waals surface area contributed by atoms with E-state index in [1.54, 1.807) is 6.92 Å². The summed E-state index contributed by atoms with van der Waals surface area (Å²) in [5, 5.41) is 8.86. The Morgan fingerprint density at radius 1 is 1.71 bits per heavy atom. The quantitative estimate of drug-likeness (QED) is 0.903. The topological polar surface area (TPSA) is 55.1 Å². The standard InChI is InChI=1S/C9H11BrN2O2/c1-5-7(8(13)14)11-9(10)12(5)4-6-2-3-6/h6H,2-4H2,1H3,(H,13,14). The second-order valence-electron chi connectivity index (χ2n) is 3.67. The monoisotopic (exact) mass is 258 g/mol. The van der Waals surface area contributed by atoms with E-state index in [9.17, 15) is 4.79 Å². The van der Waals surface area contributed by atoms with Crippen LogP contribution in [0.3, 0.4) is 0 Å². The fourth-order valence-corrected chi connectivity index (χ4v) is 2.06. The largest absolute Gasteiger partial charge is 0.476 e. The first-order valence-electron chi connectivity index (χ1n) is 4.55. The first-order valence-corrected chi connectivity index (χ1v) is 5.35. The van der Waals surface area contributed by atoms with Crippen molar-refractivity contribution in [1.29, 1.82) is 0 Å². The van der Waals surface area contributed by atoms with Gasteiger partial charge in [-0.1, -0.05) is 0 Å². The Morgan fingerprint density at radius 3 is 2.79 bits per heavy atom. The molecule has 0 aromatic carbocycles. The lowest BCUT2D eigenvalue weighted by Gasteiger charge is -2.04. The molecule has 0 spiro atoms. The molecule has 1 saturated carbocycles. The van der Waals surface area contributed by atoms with Crippen LogP contribution in [0.25, 0.3) is 0 Å². The van der Waals surface area contributed by atoms with Gasteiger partial charge >= 0.3 is 5.97 Å². The number of nitrogens with zero attached hydrogens (tertiary/aromatic N) is 2. The fraction of sp³-hybridized carbons (Fsp3) is 0.556. The number of hydrogen-bond acceptors (Lipinski definition) is 2. The lowest BCUT2D eigenvalue weighted by atomic mass is 10.3. The molecule has 0 radical (unpaired) electrons. The maximum absolute atomic E-state index is 10.8. The van der Waals surface area contributed by atoms with Gasteiger partial charge in [0.15, 0.2) is 10.4 Å². The predicted octanol–water partition coefficient (Wildman–Crippen LogP) is 2.06. The second kappa shape index (κ2) is 3.38. The minimum Gasteiger partial charge on any atom is -0.476 e. The molecule has 1 aliphatic rings. The van der Waals surface area contributed by atoms with Crippen LogP contribution in [0.2, 0.25) is 0 Å². The molecule has 1 fully saturated rings. The van der Waals surface area contributed by atoms with Gasteiger partial charge in [-0.3, -0.25) is 0 Å². The molecule has 14 heavy (non-hydrogen) atoms. The number of imidazole rings is 1. The molecule has 0 amide bonds. The maximum atomic E-state index is 10.8. The summed E-state index contributed by atoms with van der Waals surface area (Å²) in [7, 11) is 0. The van der Waals surface area contributed by atoms with Crippen molar-refractivity contribution in [2.24, 2.45) is 5.92 Å². The Bertz CT molecular complexity index is 382. The molecule has 1 N–H and O–H groups in total. The SMILES string of the molecule is Cc1c(C(=O)O)nc(Br)n1CC1CC1. The van der Waals surface area contributed by atoms with Crippen molar-refractivity contribution in [2.75, 3.05) is 0 Å². The first-order chi connectivity index (χ1) is 6.59. The van der Waals surface area contributed by atoms with Gasteiger partial charge in [0, 0.05) is 6.54 Å². The molecule has 1 heterocycles. The normalized spacial score (nSPS) is 15.9. The van der Waals surface area contributed by atoms with Crippen LogP contribution >= 0.6 is 15.9 Å². The van der Waals surface area contributed by atoms with Crippen LogP contribution in [0.5, 0.6) is 0 Å². The van der Waals surface area contributed by atoms with E-state index in [1.807, 2.05) is 4.57 Å². The van der Waals surface area contributed by atoms with Gasteiger partial charge in [0.05, 0.1) is 5.69 Å². The molecule has 0 aliphatic heterocycles. The van der Waals surface area contributed by atoms with Gasteiger partial charge in [0.1, 0.15) is 0 Å². The fourth-order valence-electron chi connectivity index (χ4n) is 1.47. The number of aromatic carboxylic acids is 1. The molecular formula is C9H11BrN2O2. The third-order valence-corrected chi connectivity index (χ3v) is 3.12. The van der Waals surface area contributed by atoms with Crippen molar-refractivity contribution in [3.63, 3.8) is 0 Å². The summed E-state index contributed by atoms with van der Waals surface area (Å²) in [5.74, 6) is -0.251. The summed E-state index contributed by atoms with van der Waals surface area (Å²) < 4.78 is 2.56. The number of aromatic nitrogens is 2. The molecule has 76 valence electrons. The zero-order valence-corrected chi connectivity index (χ0v) is 9.41. The Labute approximate surface area is 90.1 Å². The van der Waals surface area contributed by atoms with E-state index in [0.717, 1.165) is 12.2 Å². The van der Waals surface area contributed by atoms with Crippen LogP contribution in [0.1, 0.15) is 29.0 Å². The van der Waals surface area contributed by atoms with Crippen molar-refractivity contribution in [3.05, 3.63) is 16.1 Å². The lowest BCUT2D eigenvalue weighted by Crippen LogP contribution is -2.05. The van der Waals surface area contributed by atoms with Gasteiger partial charge in [-0.05, 0) is 41.6 Å². The lowest BCUT2D eigenvalue weighted by molar-refractivity contribution is 0.0690. The van der Waals surface area contributed by atoms with Crippen molar-refractivity contribution >= 4 is 21.9 Å². The number of halogens is 1. The average Bonchev–Trinajstić information content (AvgIpc) is 2.87. The van der Waals surface area contributed by atoms with Crippen LogP contribution in [0.4, 0.5) is 0 Å². The number of rotatable bonds is 3. The highest BCUT2D eigenvalue weighted by Crippen LogP contribution is 2.32. The van der Waals surface area contributed by atoms with Crippen LogP contribution in [-0.4, -0.2) is 20.6 Å².